The number of aromatic amines is 1. The predicted octanol–water partition coefficient (Wildman–Crippen LogP) is 3.93. The van der Waals surface area contributed by atoms with Crippen LogP contribution in [-0.4, -0.2) is 33.7 Å². The van der Waals surface area contributed by atoms with E-state index in [4.69, 9.17) is 4.74 Å². The molecule has 2 aromatic rings. The second kappa shape index (κ2) is 8.58. The first-order chi connectivity index (χ1) is 10.8. The number of nitrogens with zero attached hydrogens (tertiary/aromatic N) is 2. The zero-order valence-corrected chi connectivity index (χ0v) is 13.8. The molecular weight excluding hydrogens is 298 g/mol. The number of esters is 1. The molecule has 0 aliphatic rings. The molecule has 0 bridgehead atoms. The molecule has 5 nitrogen and oxygen atoms in total. The van der Waals surface area contributed by atoms with Crippen LogP contribution in [0.3, 0.4) is 0 Å². The number of aromatic nitrogens is 3. The van der Waals surface area contributed by atoms with Gasteiger partial charge in [-0.15, -0.1) is 16.9 Å². The first-order valence-corrected chi connectivity index (χ1v) is 8.56. The highest BCUT2D eigenvalue weighted by Crippen LogP contribution is 2.25. The molecule has 2 rings (SSSR count). The molecule has 0 amide bonds. The summed E-state index contributed by atoms with van der Waals surface area (Å²) in [5.41, 5.74) is 1.61. The SMILES string of the molecule is CCCCCSc1ccc(-c2n[nH]nc2C(=O)OCC)cc1. The topological polar surface area (TPSA) is 67.9 Å². The van der Waals surface area contributed by atoms with Gasteiger partial charge in [-0.2, -0.15) is 10.3 Å². The smallest absolute Gasteiger partial charge is 0.361 e. The zero-order chi connectivity index (χ0) is 15.8. The fourth-order valence-electron chi connectivity index (χ4n) is 2.03. The molecule has 1 N–H and O–H groups in total. The molecule has 6 heteroatoms. The minimum atomic E-state index is -0.454. The monoisotopic (exact) mass is 319 g/mol. The lowest BCUT2D eigenvalue weighted by atomic mass is 10.1. The van der Waals surface area contributed by atoms with Crippen LogP contribution in [0.2, 0.25) is 0 Å². The fraction of sp³-hybridized carbons (Fsp3) is 0.438. The third-order valence-corrected chi connectivity index (χ3v) is 4.26. The summed E-state index contributed by atoms with van der Waals surface area (Å²) in [7, 11) is 0. The van der Waals surface area contributed by atoms with Crippen LogP contribution >= 0.6 is 11.8 Å². The Bertz CT molecular complexity index is 596. The van der Waals surface area contributed by atoms with Gasteiger partial charge in [-0.05, 0) is 31.2 Å². The Kier molecular flexibility index (Phi) is 6.45. The molecule has 0 unspecified atom stereocenters. The summed E-state index contributed by atoms with van der Waals surface area (Å²) >= 11 is 1.85. The molecule has 0 spiro atoms. The van der Waals surface area contributed by atoms with Gasteiger partial charge in [-0.25, -0.2) is 4.79 Å². The van der Waals surface area contributed by atoms with Crippen LogP contribution in [-0.2, 0) is 4.74 Å². The Morgan fingerprint density at radius 3 is 2.64 bits per heavy atom. The fourth-order valence-corrected chi connectivity index (χ4v) is 2.94. The van der Waals surface area contributed by atoms with Gasteiger partial charge in [0, 0.05) is 10.5 Å². The minimum Gasteiger partial charge on any atom is -0.461 e. The molecule has 0 saturated heterocycles. The molecular formula is C16H21N3O2S. The maximum Gasteiger partial charge on any atom is 0.361 e. The van der Waals surface area contributed by atoms with Crippen molar-refractivity contribution >= 4 is 17.7 Å². The number of thioether (sulfide) groups is 1. The summed E-state index contributed by atoms with van der Waals surface area (Å²) in [4.78, 5) is 13.0. The molecule has 0 fully saturated rings. The van der Waals surface area contributed by atoms with Crippen molar-refractivity contribution < 1.29 is 9.53 Å². The van der Waals surface area contributed by atoms with E-state index in [0.717, 1.165) is 11.3 Å². The van der Waals surface area contributed by atoms with Crippen LogP contribution in [0, 0.1) is 0 Å². The lowest BCUT2D eigenvalue weighted by Crippen LogP contribution is -2.06. The molecule has 1 heterocycles. The molecule has 0 aliphatic carbocycles. The van der Waals surface area contributed by atoms with E-state index in [1.807, 2.05) is 23.9 Å². The first-order valence-electron chi connectivity index (χ1n) is 7.57. The number of H-pyrrole nitrogens is 1. The summed E-state index contributed by atoms with van der Waals surface area (Å²) in [6.45, 7) is 4.29. The van der Waals surface area contributed by atoms with E-state index in [1.54, 1.807) is 6.92 Å². The number of hydrogen-bond donors (Lipinski definition) is 1. The average Bonchev–Trinajstić information content (AvgIpc) is 3.02. The quantitative estimate of drug-likeness (QED) is 0.453. The van der Waals surface area contributed by atoms with E-state index in [0.29, 0.717) is 12.3 Å². The van der Waals surface area contributed by atoms with E-state index in [-0.39, 0.29) is 5.69 Å². The number of hydrogen-bond acceptors (Lipinski definition) is 5. The van der Waals surface area contributed by atoms with Gasteiger partial charge in [0.15, 0.2) is 5.69 Å². The van der Waals surface area contributed by atoms with E-state index in [1.165, 1.54) is 24.2 Å². The van der Waals surface area contributed by atoms with Gasteiger partial charge in [0.25, 0.3) is 0 Å². The molecule has 0 saturated carbocycles. The van der Waals surface area contributed by atoms with E-state index < -0.39 is 5.97 Å². The van der Waals surface area contributed by atoms with Crippen molar-refractivity contribution in [3.8, 4) is 11.3 Å². The van der Waals surface area contributed by atoms with Crippen LogP contribution in [0.25, 0.3) is 11.3 Å². The lowest BCUT2D eigenvalue weighted by Gasteiger charge is -2.04. The van der Waals surface area contributed by atoms with Gasteiger partial charge in [-0.3, -0.25) is 0 Å². The largest absolute Gasteiger partial charge is 0.461 e. The number of benzene rings is 1. The standard InChI is InChI=1S/C16H21N3O2S/c1-3-5-6-11-22-13-9-7-12(8-10-13)14-15(18-19-17-14)16(20)21-4-2/h7-10H,3-6,11H2,1-2H3,(H,17,18,19). The second-order valence-corrected chi connectivity index (χ2v) is 5.99. The highest BCUT2D eigenvalue weighted by Gasteiger charge is 2.18. The summed E-state index contributed by atoms with van der Waals surface area (Å²) in [5, 5.41) is 10.4. The average molecular weight is 319 g/mol. The van der Waals surface area contributed by atoms with Gasteiger partial charge in [-0.1, -0.05) is 31.9 Å². The van der Waals surface area contributed by atoms with E-state index >= 15 is 0 Å². The molecule has 0 aliphatic heterocycles. The van der Waals surface area contributed by atoms with E-state index in [9.17, 15) is 4.79 Å². The van der Waals surface area contributed by atoms with Crippen molar-refractivity contribution in [2.24, 2.45) is 0 Å². The maximum atomic E-state index is 11.8. The third-order valence-electron chi connectivity index (χ3n) is 3.16. The van der Waals surface area contributed by atoms with Crippen LogP contribution in [0.5, 0.6) is 0 Å². The highest BCUT2D eigenvalue weighted by molar-refractivity contribution is 7.99. The van der Waals surface area contributed by atoms with Gasteiger partial charge in [0.05, 0.1) is 6.61 Å². The number of unbranched alkanes of at least 4 members (excludes halogenated alkanes) is 2. The van der Waals surface area contributed by atoms with Crippen LogP contribution < -0.4 is 0 Å². The molecule has 0 atom stereocenters. The van der Waals surface area contributed by atoms with Gasteiger partial charge >= 0.3 is 5.97 Å². The van der Waals surface area contributed by atoms with Crippen molar-refractivity contribution in [2.45, 2.75) is 38.0 Å². The van der Waals surface area contributed by atoms with Crippen molar-refractivity contribution in [1.82, 2.24) is 15.4 Å². The van der Waals surface area contributed by atoms with Gasteiger partial charge in [0.2, 0.25) is 0 Å². The molecule has 1 aromatic carbocycles. The van der Waals surface area contributed by atoms with Crippen molar-refractivity contribution in [3.63, 3.8) is 0 Å². The molecule has 0 radical (unpaired) electrons. The molecule has 118 valence electrons. The van der Waals surface area contributed by atoms with Crippen LogP contribution in [0.4, 0.5) is 0 Å². The minimum absolute atomic E-state index is 0.227. The summed E-state index contributed by atoms with van der Waals surface area (Å²) < 4.78 is 4.98. The summed E-state index contributed by atoms with van der Waals surface area (Å²) in [6.07, 6.45) is 3.74. The normalized spacial score (nSPS) is 10.6. The Balaban J connectivity index is 2.04. The Morgan fingerprint density at radius 2 is 1.95 bits per heavy atom. The summed E-state index contributed by atoms with van der Waals surface area (Å²) in [5.74, 6) is 0.676. The third kappa shape index (κ3) is 4.34. The van der Waals surface area contributed by atoms with Crippen molar-refractivity contribution in [1.29, 1.82) is 0 Å². The summed E-state index contributed by atoms with van der Waals surface area (Å²) in [6, 6.07) is 8.02. The van der Waals surface area contributed by atoms with Crippen LogP contribution in [0.1, 0.15) is 43.6 Å². The number of nitrogens with one attached hydrogen (secondary N) is 1. The molecule has 1 aromatic heterocycles. The number of carbonyl (C=O) groups is 1. The lowest BCUT2D eigenvalue weighted by molar-refractivity contribution is 0.0520. The highest BCUT2D eigenvalue weighted by atomic mass is 32.2. The first kappa shape index (κ1) is 16.5. The van der Waals surface area contributed by atoms with Gasteiger partial charge < -0.3 is 4.74 Å². The maximum absolute atomic E-state index is 11.8. The van der Waals surface area contributed by atoms with Crippen molar-refractivity contribution in [3.05, 3.63) is 30.0 Å². The van der Waals surface area contributed by atoms with Crippen molar-refractivity contribution in [2.75, 3.05) is 12.4 Å². The Morgan fingerprint density at radius 1 is 1.18 bits per heavy atom. The number of carbonyl (C=O) groups excluding carboxylic acids is 1. The Hall–Kier alpha value is -1.82. The number of rotatable bonds is 8. The predicted molar refractivity (Wildman–Crippen MR) is 88.0 cm³/mol. The second-order valence-electron chi connectivity index (χ2n) is 4.82. The molecule has 22 heavy (non-hydrogen) atoms. The van der Waals surface area contributed by atoms with Gasteiger partial charge in [0.1, 0.15) is 5.69 Å². The number of ether oxygens (including phenoxy) is 1. The van der Waals surface area contributed by atoms with Crippen LogP contribution in [0.15, 0.2) is 29.2 Å². The zero-order valence-electron chi connectivity index (χ0n) is 13.0. The Labute approximate surface area is 134 Å². The van der Waals surface area contributed by atoms with E-state index in [2.05, 4.69) is 34.5 Å².